The van der Waals surface area contributed by atoms with E-state index >= 15 is 0 Å². The maximum absolute atomic E-state index is 11.0. The molecule has 2 aromatic rings. The van der Waals surface area contributed by atoms with Crippen molar-refractivity contribution in [2.24, 2.45) is 0 Å². The van der Waals surface area contributed by atoms with Crippen LogP contribution in [0.25, 0.3) is 0 Å². The van der Waals surface area contributed by atoms with Crippen molar-refractivity contribution in [1.29, 1.82) is 0 Å². The number of nitrogens with zero attached hydrogens (tertiary/aromatic N) is 1. The van der Waals surface area contributed by atoms with Crippen LogP contribution in [0.1, 0.15) is 22.2 Å². The Balaban J connectivity index is 2.18. The molecule has 106 valence electrons. The number of ether oxygens (including phenoxy) is 1. The monoisotopic (exact) mass is 312 g/mol. The summed E-state index contributed by atoms with van der Waals surface area (Å²) in [5.41, 5.74) is 0.842. The Morgan fingerprint density at radius 3 is 2.95 bits per heavy atom. The third kappa shape index (κ3) is 3.61. The number of hydrogen-bond acceptors (Lipinski definition) is 5. The van der Waals surface area contributed by atoms with Crippen LogP contribution in [-0.4, -0.2) is 22.7 Å². The van der Waals surface area contributed by atoms with Gasteiger partial charge in [-0.15, -0.1) is 11.3 Å². The van der Waals surface area contributed by atoms with Crippen molar-refractivity contribution >= 4 is 34.6 Å². The molecule has 1 aromatic heterocycles. The summed E-state index contributed by atoms with van der Waals surface area (Å²) < 4.78 is 5.95. The fourth-order valence-electron chi connectivity index (χ4n) is 1.63. The molecule has 20 heavy (non-hydrogen) atoms. The molecule has 0 unspecified atom stereocenters. The molecule has 1 heterocycles. The second kappa shape index (κ2) is 6.58. The van der Waals surface area contributed by atoms with Gasteiger partial charge in [-0.2, -0.15) is 0 Å². The van der Waals surface area contributed by atoms with Gasteiger partial charge in [0, 0.05) is 11.1 Å². The highest BCUT2D eigenvalue weighted by atomic mass is 35.5. The lowest BCUT2D eigenvalue weighted by Crippen LogP contribution is -2.04. The molecule has 0 fully saturated rings. The maximum Gasteiger partial charge on any atom is 0.335 e. The van der Waals surface area contributed by atoms with E-state index < -0.39 is 5.97 Å². The van der Waals surface area contributed by atoms with E-state index in [-0.39, 0.29) is 5.56 Å². The van der Waals surface area contributed by atoms with E-state index in [9.17, 15) is 4.79 Å². The highest BCUT2D eigenvalue weighted by Crippen LogP contribution is 2.27. The molecule has 0 saturated heterocycles. The van der Waals surface area contributed by atoms with Gasteiger partial charge < -0.3 is 15.2 Å². The predicted octanol–water partition coefficient (Wildman–Crippen LogP) is 3.51. The van der Waals surface area contributed by atoms with Gasteiger partial charge in [-0.3, -0.25) is 0 Å². The summed E-state index contributed by atoms with van der Waals surface area (Å²) >= 11 is 7.14. The highest BCUT2D eigenvalue weighted by molar-refractivity contribution is 7.15. The van der Waals surface area contributed by atoms with Crippen LogP contribution in [0.5, 0.6) is 5.75 Å². The fraction of sp³-hybridized carbons (Fsp3) is 0.231. The van der Waals surface area contributed by atoms with Crippen LogP contribution in [0.15, 0.2) is 24.4 Å². The lowest BCUT2D eigenvalue weighted by Gasteiger charge is -2.12. The molecular weight excluding hydrogens is 300 g/mol. The summed E-state index contributed by atoms with van der Waals surface area (Å²) in [6.45, 7) is 2.89. The highest BCUT2D eigenvalue weighted by Gasteiger charge is 2.10. The number of nitrogens with one attached hydrogen (secondary N) is 1. The topological polar surface area (TPSA) is 71.5 Å². The second-order valence-electron chi connectivity index (χ2n) is 3.88. The molecule has 1 aromatic carbocycles. The summed E-state index contributed by atoms with van der Waals surface area (Å²) in [5.74, 6) is -0.356. The third-order valence-corrected chi connectivity index (χ3v) is 3.62. The Kier molecular flexibility index (Phi) is 4.81. The van der Waals surface area contributed by atoms with Crippen LogP contribution < -0.4 is 10.1 Å². The lowest BCUT2D eigenvalue weighted by atomic mass is 10.2. The van der Waals surface area contributed by atoms with E-state index in [1.54, 1.807) is 18.3 Å². The quantitative estimate of drug-likeness (QED) is 0.854. The van der Waals surface area contributed by atoms with Gasteiger partial charge in [0.15, 0.2) is 4.47 Å². The number of benzene rings is 1. The molecule has 0 aliphatic heterocycles. The van der Waals surface area contributed by atoms with Crippen LogP contribution >= 0.6 is 22.9 Å². The number of aromatic carboxylic acids is 1. The lowest BCUT2D eigenvalue weighted by molar-refractivity contribution is 0.0697. The van der Waals surface area contributed by atoms with Gasteiger partial charge in [0.1, 0.15) is 5.75 Å². The van der Waals surface area contributed by atoms with Crippen LogP contribution in [0.2, 0.25) is 4.47 Å². The third-order valence-electron chi connectivity index (χ3n) is 2.50. The number of thiazole rings is 1. The molecule has 0 bridgehead atoms. The van der Waals surface area contributed by atoms with Gasteiger partial charge in [0.2, 0.25) is 0 Å². The summed E-state index contributed by atoms with van der Waals surface area (Å²) in [5, 5.41) is 12.2. The van der Waals surface area contributed by atoms with E-state index in [0.29, 0.717) is 29.1 Å². The number of halogens is 1. The summed E-state index contributed by atoms with van der Waals surface area (Å²) in [7, 11) is 0. The smallest absolute Gasteiger partial charge is 0.335 e. The van der Waals surface area contributed by atoms with E-state index in [4.69, 9.17) is 21.4 Å². The van der Waals surface area contributed by atoms with Gasteiger partial charge in [-0.1, -0.05) is 11.6 Å². The zero-order valence-electron chi connectivity index (χ0n) is 10.7. The average Bonchev–Trinajstić information content (AvgIpc) is 2.83. The van der Waals surface area contributed by atoms with Crippen molar-refractivity contribution in [3.8, 4) is 5.75 Å². The molecule has 0 atom stereocenters. The summed E-state index contributed by atoms with van der Waals surface area (Å²) in [6, 6.07) is 4.72. The predicted molar refractivity (Wildman–Crippen MR) is 79.0 cm³/mol. The zero-order valence-corrected chi connectivity index (χ0v) is 12.3. The van der Waals surface area contributed by atoms with Crippen molar-refractivity contribution in [3.63, 3.8) is 0 Å². The van der Waals surface area contributed by atoms with E-state index in [0.717, 1.165) is 4.88 Å². The molecule has 0 aliphatic carbocycles. The molecule has 2 N–H and O–H groups in total. The second-order valence-corrected chi connectivity index (χ2v) is 5.58. The molecule has 0 aliphatic rings. The van der Waals surface area contributed by atoms with E-state index in [1.807, 2.05) is 6.92 Å². The minimum Gasteiger partial charge on any atom is -0.492 e. The number of anilines is 1. The Bertz CT molecular complexity index is 615. The largest absolute Gasteiger partial charge is 0.492 e. The van der Waals surface area contributed by atoms with E-state index in [1.165, 1.54) is 17.4 Å². The fourth-order valence-corrected chi connectivity index (χ4v) is 2.55. The number of rotatable bonds is 6. The number of aromatic nitrogens is 1. The van der Waals surface area contributed by atoms with Crippen LogP contribution in [0.4, 0.5) is 5.69 Å². The zero-order chi connectivity index (χ0) is 14.5. The van der Waals surface area contributed by atoms with Crippen molar-refractivity contribution in [3.05, 3.63) is 39.3 Å². The molecule has 0 spiro atoms. The van der Waals surface area contributed by atoms with Crippen molar-refractivity contribution in [1.82, 2.24) is 4.98 Å². The Labute approximate surface area is 125 Å². The number of carbonyl (C=O) groups is 1. The normalized spacial score (nSPS) is 10.3. The molecular formula is C13H13ClN2O3S. The van der Waals surface area contributed by atoms with Crippen LogP contribution in [0.3, 0.4) is 0 Å². The van der Waals surface area contributed by atoms with Crippen molar-refractivity contribution in [2.75, 3.05) is 11.9 Å². The van der Waals surface area contributed by atoms with Gasteiger partial charge in [-0.25, -0.2) is 9.78 Å². The Hall–Kier alpha value is -1.79. The molecule has 0 radical (unpaired) electrons. The number of carboxylic acids is 1. The summed E-state index contributed by atoms with van der Waals surface area (Å²) in [4.78, 5) is 15.9. The van der Waals surface area contributed by atoms with Gasteiger partial charge in [0.05, 0.1) is 24.4 Å². The van der Waals surface area contributed by atoms with Gasteiger partial charge >= 0.3 is 5.97 Å². The maximum atomic E-state index is 11.0. The standard InChI is InChI=1S/C13H13ClN2O3S/c1-2-19-11-4-3-8(12(17)18)5-10(11)15-6-9-7-16-13(14)20-9/h3-5,7,15H,2,6H2,1H3,(H,17,18). The first-order valence-electron chi connectivity index (χ1n) is 5.94. The average molecular weight is 313 g/mol. The van der Waals surface area contributed by atoms with Gasteiger partial charge in [-0.05, 0) is 25.1 Å². The first-order valence-corrected chi connectivity index (χ1v) is 7.13. The minimum absolute atomic E-state index is 0.207. The molecule has 2 rings (SSSR count). The number of hydrogen-bond donors (Lipinski definition) is 2. The summed E-state index contributed by atoms with van der Waals surface area (Å²) in [6.07, 6.45) is 1.68. The molecule has 7 heteroatoms. The number of carboxylic acid groups (broad SMARTS) is 1. The van der Waals surface area contributed by atoms with Crippen LogP contribution in [0, 0.1) is 0 Å². The van der Waals surface area contributed by atoms with Crippen LogP contribution in [-0.2, 0) is 6.54 Å². The SMILES string of the molecule is CCOc1ccc(C(=O)O)cc1NCc1cnc(Cl)s1. The molecule has 0 amide bonds. The van der Waals surface area contributed by atoms with E-state index in [2.05, 4.69) is 10.3 Å². The first kappa shape index (κ1) is 14.6. The first-order chi connectivity index (χ1) is 9.60. The molecule has 5 nitrogen and oxygen atoms in total. The Morgan fingerprint density at radius 2 is 2.35 bits per heavy atom. The van der Waals surface area contributed by atoms with Gasteiger partial charge in [0.25, 0.3) is 0 Å². The van der Waals surface area contributed by atoms with Crippen molar-refractivity contribution in [2.45, 2.75) is 13.5 Å². The molecule has 0 saturated carbocycles. The minimum atomic E-state index is -0.975. The Morgan fingerprint density at radius 1 is 1.55 bits per heavy atom. The van der Waals surface area contributed by atoms with Crippen molar-refractivity contribution < 1.29 is 14.6 Å².